The van der Waals surface area contributed by atoms with Crippen LogP contribution in [0, 0.1) is 31.1 Å². The maximum atomic E-state index is 11.9. The molecule has 4 N–H and O–H groups in total. The van der Waals surface area contributed by atoms with Gasteiger partial charge in [0, 0.05) is 25.1 Å². The molecule has 1 aromatic rings. The van der Waals surface area contributed by atoms with E-state index in [1.165, 1.54) is 0 Å². The van der Waals surface area contributed by atoms with Gasteiger partial charge >= 0.3 is 6.03 Å². The zero-order valence-corrected chi connectivity index (χ0v) is 14.7. The molecule has 0 atom stereocenters. The lowest BCUT2D eigenvalue weighted by molar-refractivity contribution is 0.255. The van der Waals surface area contributed by atoms with Crippen LogP contribution in [-0.2, 0) is 0 Å². The second-order valence-electron chi connectivity index (χ2n) is 5.00. The van der Waals surface area contributed by atoms with Gasteiger partial charge in [-0.3, -0.25) is 10.7 Å². The van der Waals surface area contributed by atoms with Gasteiger partial charge in [0.25, 0.3) is 0 Å². The molecule has 0 fully saturated rings. The molecule has 5 nitrogen and oxygen atoms in total. The van der Waals surface area contributed by atoms with Crippen LogP contribution in [0.15, 0.2) is 18.2 Å². The molecule has 0 aliphatic heterocycles. The first-order valence-electron chi connectivity index (χ1n) is 7.47. The van der Waals surface area contributed by atoms with Crippen LogP contribution in [0.2, 0.25) is 0 Å². The van der Waals surface area contributed by atoms with Crippen LogP contribution in [0.3, 0.4) is 0 Å². The zero-order valence-electron chi connectivity index (χ0n) is 13.9. The molecule has 0 unspecified atom stereocenters. The standard InChI is InChI=1S/C17H24N4O.ClH/c1-4-5-6-7-8-12-19-16(18)21-17(22)20-15-13(2)10-9-11-14(15)3;/h9-11H,4-5,8,12H2,1-3H3,(H4,18,19,20,21,22);1H. The number of anilines is 1. The molecule has 0 radical (unpaired) electrons. The van der Waals surface area contributed by atoms with Crippen molar-refractivity contribution in [2.24, 2.45) is 0 Å². The van der Waals surface area contributed by atoms with Gasteiger partial charge in [0.05, 0.1) is 0 Å². The minimum absolute atomic E-state index is 0. The van der Waals surface area contributed by atoms with E-state index >= 15 is 0 Å². The number of hydrogen-bond donors (Lipinski definition) is 4. The number of benzene rings is 1. The molecular formula is C17H25ClN4O. The van der Waals surface area contributed by atoms with Gasteiger partial charge in [-0.2, -0.15) is 0 Å². The highest BCUT2D eigenvalue weighted by Gasteiger charge is 2.08. The van der Waals surface area contributed by atoms with Gasteiger partial charge in [0.1, 0.15) is 0 Å². The molecule has 1 aromatic carbocycles. The molecule has 0 aliphatic rings. The predicted molar refractivity (Wildman–Crippen MR) is 98.3 cm³/mol. The third-order valence-electron chi connectivity index (χ3n) is 3.01. The lowest BCUT2D eigenvalue weighted by Gasteiger charge is -2.13. The molecule has 0 bridgehead atoms. The first-order chi connectivity index (χ1) is 10.5. The average Bonchev–Trinajstić information content (AvgIpc) is 2.46. The van der Waals surface area contributed by atoms with Gasteiger partial charge in [-0.1, -0.05) is 25.1 Å². The minimum atomic E-state index is -0.424. The number of amides is 2. The lowest BCUT2D eigenvalue weighted by atomic mass is 10.1. The van der Waals surface area contributed by atoms with E-state index in [9.17, 15) is 4.79 Å². The van der Waals surface area contributed by atoms with E-state index < -0.39 is 6.03 Å². The number of carbonyl (C=O) groups excluding carboxylic acids is 1. The van der Waals surface area contributed by atoms with Gasteiger partial charge in [0.15, 0.2) is 5.96 Å². The van der Waals surface area contributed by atoms with E-state index in [4.69, 9.17) is 5.41 Å². The summed E-state index contributed by atoms with van der Waals surface area (Å²) in [6, 6.07) is 5.38. The van der Waals surface area contributed by atoms with Gasteiger partial charge in [-0.15, -0.1) is 24.2 Å². The number of nitrogens with one attached hydrogen (secondary N) is 4. The van der Waals surface area contributed by atoms with Crippen LogP contribution in [0.5, 0.6) is 0 Å². The van der Waals surface area contributed by atoms with Crippen molar-refractivity contribution in [2.75, 3.05) is 11.9 Å². The summed E-state index contributed by atoms with van der Waals surface area (Å²) in [6.45, 7) is 6.49. The summed E-state index contributed by atoms with van der Waals surface area (Å²) in [5.41, 5.74) is 2.75. The van der Waals surface area contributed by atoms with Crippen molar-refractivity contribution in [2.45, 2.75) is 40.0 Å². The Labute approximate surface area is 144 Å². The molecule has 6 heteroatoms. The van der Waals surface area contributed by atoms with Crippen molar-refractivity contribution < 1.29 is 4.79 Å². The molecule has 23 heavy (non-hydrogen) atoms. The number of unbranched alkanes of at least 4 members (excludes halogenated alkanes) is 1. The second-order valence-corrected chi connectivity index (χ2v) is 5.00. The van der Waals surface area contributed by atoms with E-state index in [1.807, 2.05) is 32.0 Å². The maximum Gasteiger partial charge on any atom is 0.326 e. The third kappa shape index (κ3) is 8.12. The molecule has 0 aliphatic carbocycles. The quantitative estimate of drug-likeness (QED) is 0.293. The smallest absolute Gasteiger partial charge is 0.326 e. The summed E-state index contributed by atoms with van der Waals surface area (Å²) in [7, 11) is 0. The van der Waals surface area contributed by atoms with E-state index in [2.05, 4.69) is 34.7 Å². The van der Waals surface area contributed by atoms with Crippen molar-refractivity contribution in [3.63, 3.8) is 0 Å². The Morgan fingerprint density at radius 3 is 2.39 bits per heavy atom. The molecule has 0 saturated carbocycles. The van der Waals surface area contributed by atoms with E-state index in [-0.39, 0.29) is 18.4 Å². The Balaban J connectivity index is 0.00000484. The highest BCUT2D eigenvalue weighted by atomic mass is 35.5. The summed E-state index contributed by atoms with van der Waals surface area (Å²) in [4.78, 5) is 11.9. The first-order valence-corrected chi connectivity index (χ1v) is 7.47. The Kier molecular flexibility index (Phi) is 10.3. The molecule has 1 rings (SSSR count). The SMILES string of the molecule is CCCC#CCCNC(=N)NC(=O)Nc1c(C)cccc1C.Cl. The zero-order chi connectivity index (χ0) is 16.4. The van der Waals surface area contributed by atoms with Gasteiger partial charge in [-0.05, 0) is 31.4 Å². The Morgan fingerprint density at radius 2 is 1.78 bits per heavy atom. The first kappa shape index (κ1) is 20.8. The van der Waals surface area contributed by atoms with Crippen LogP contribution in [0.4, 0.5) is 10.5 Å². The predicted octanol–water partition coefficient (Wildman–Crippen LogP) is 3.56. The largest absolute Gasteiger partial charge is 0.355 e. The van der Waals surface area contributed by atoms with E-state index in [0.717, 1.165) is 29.7 Å². The molecular weight excluding hydrogens is 312 g/mol. The van der Waals surface area contributed by atoms with Crippen LogP contribution >= 0.6 is 12.4 Å². The van der Waals surface area contributed by atoms with Gasteiger partial charge in [0.2, 0.25) is 0 Å². The molecule has 0 saturated heterocycles. The Morgan fingerprint density at radius 1 is 1.17 bits per heavy atom. The van der Waals surface area contributed by atoms with Gasteiger partial charge in [-0.25, -0.2) is 4.79 Å². The topological polar surface area (TPSA) is 77.0 Å². The lowest BCUT2D eigenvalue weighted by Crippen LogP contribution is -2.42. The summed E-state index contributed by atoms with van der Waals surface area (Å²) in [6.07, 6.45) is 2.60. The highest BCUT2D eigenvalue weighted by molar-refractivity contribution is 6.02. The number of aryl methyl sites for hydroxylation is 2. The van der Waals surface area contributed by atoms with Crippen LogP contribution in [0.25, 0.3) is 0 Å². The monoisotopic (exact) mass is 336 g/mol. The molecule has 0 aromatic heterocycles. The number of urea groups is 1. The van der Waals surface area contributed by atoms with Crippen molar-refractivity contribution in [3.05, 3.63) is 29.3 Å². The number of rotatable bonds is 4. The number of hydrogen-bond acceptors (Lipinski definition) is 2. The molecule has 0 heterocycles. The second kappa shape index (κ2) is 11.4. The van der Waals surface area contributed by atoms with Crippen molar-refractivity contribution in [1.29, 1.82) is 5.41 Å². The summed E-state index contributed by atoms with van der Waals surface area (Å²) in [5, 5.41) is 15.7. The van der Waals surface area contributed by atoms with Crippen LogP contribution in [-0.4, -0.2) is 18.5 Å². The summed E-state index contributed by atoms with van der Waals surface area (Å²) < 4.78 is 0. The fraction of sp³-hybridized carbons (Fsp3) is 0.412. The van der Waals surface area contributed by atoms with E-state index in [0.29, 0.717) is 13.0 Å². The number of guanidine groups is 1. The molecule has 0 spiro atoms. The fourth-order valence-corrected chi connectivity index (χ4v) is 1.87. The van der Waals surface area contributed by atoms with Crippen LogP contribution in [0.1, 0.15) is 37.3 Å². The van der Waals surface area contributed by atoms with Crippen molar-refractivity contribution in [1.82, 2.24) is 10.6 Å². The average molecular weight is 337 g/mol. The fourth-order valence-electron chi connectivity index (χ4n) is 1.87. The molecule has 126 valence electrons. The van der Waals surface area contributed by atoms with Crippen molar-refractivity contribution >= 4 is 30.1 Å². The number of para-hydroxylation sites is 1. The third-order valence-corrected chi connectivity index (χ3v) is 3.01. The van der Waals surface area contributed by atoms with Gasteiger partial charge < -0.3 is 10.6 Å². The normalized spacial score (nSPS) is 9.00. The minimum Gasteiger partial charge on any atom is -0.355 e. The van der Waals surface area contributed by atoms with E-state index in [1.54, 1.807) is 0 Å². The molecule has 2 amide bonds. The summed E-state index contributed by atoms with van der Waals surface area (Å²) in [5.74, 6) is 6.02. The number of carbonyl (C=O) groups is 1. The highest BCUT2D eigenvalue weighted by Crippen LogP contribution is 2.18. The summed E-state index contributed by atoms with van der Waals surface area (Å²) >= 11 is 0. The Hall–Kier alpha value is -2.19. The number of halogens is 1. The van der Waals surface area contributed by atoms with Crippen LogP contribution < -0.4 is 16.0 Å². The van der Waals surface area contributed by atoms with Crippen molar-refractivity contribution in [3.8, 4) is 11.8 Å². The maximum absolute atomic E-state index is 11.9. The Bertz CT molecular complexity index is 570.